The lowest BCUT2D eigenvalue weighted by molar-refractivity contribution is -0.384. The fraction of sp³-hybridized carbons (Fsp3) is 0.500. The van der Waals surface area contributed by atoms with Gasteiger partial charge in [0.1, 0.15) is 11.7 Å². The highest BCUT2D eigenvalue weighted by Gasteiger charge is 2.33. The molecule has 2 atom stereocenters. The third kappa shape index (κ3) is 6.42. The van der Waals surface area contributed by atoms with E-state index in [1.54, 1.807) is 0 Å². The summed E-state index contributed by atoms with van der Waals surface area (Å²) in [6, 6.07) is 0.763. The number of carbonyl (C=O) groups excluding carboxylic acids is 2. The van der Waals surface area contributed by atoms with E-state index in [0.29, 0.717) is 25.1 Å². The first-order valence-electron chi connectivity index (χ1n) is 8.07. The van der Waals surface area contributed by atoms with Crippen LogP contribution in [0.1, 0.15) is 32.8 Å². The molecular formula is C16H20F3N3O5. The Bertz CT molecular complexity index is 709. The molecule has 11 heteroatoms. The maximum absolute atomic E-state index is 12.7. The number of amides is 1. The molecule has 0 aliphatic rings. The number of benzene rings is 1. The lowest BCUT2D eigenvalue weighted by atomic mass is 10.1. The summed E-state index contributed by atoms with van der Waals surface area (Å²) >= 11 is 0. The van der Waals surface area contributed by atoms with E-state index >= 15 is 0 Å². The second kappa shape index (κ2) is 9.19. The monoisotopic (exact) mass is 391 g/mol. The number of ether oxygens (including phenoxy) is 1. The normalized spacial score (nSPS) is 13.4. The van der Waals surface area contributed by atoms with Crippen LogP contribution in [0.4, 0.5) is 24.5 Å². The highest BCUT2D eigenvalue weighted by atomic mass is 19.4. The van der Waals surface area contributed by atoms with E-state index in [9.17, 15) is 32.9 Å². The van der Waals surface area contributed by atoms with Crippen molar-refractivity contribution in [3.63, 3.8) is 0 Å². The van der Waals surface area contributed by atoms with Gasteiger partial charge in [-0.25, -0.2) is 4.79 Å². The molecule has 0 spiro atoms. The Morgan fingerprint density at radius 3 is 2.44 bits per heavy atom. The van der Waals surface area contributed by atoms with Crippen molar-refractivity contribution in [3.8, 4) is 0 Å². The first kappa shape index (κ1) is 22.2. The average Bonchev–Trinajstić information content (AvgIpc) is 2.58. The predicted molar refractivity (Wildman–Crippen MR) is 90.0 cm³/mol. The van der Waals surface area contributed by atoms with E-state index in [1.807, 2.05) is 6.92 Å². The maximum atomic E-state index is 12.7. The number of halogens is 3. The summed E-state index contributed by atoms with van der Waals surface area (Å²) in [4.78, 5) is 33.8. The van der Waals surface area contributed by atoms with Gasteiger partial charge in [0, 0.05) is 12.6 Å². The van der Waals surface area contributed by atoms with Crippen LogP contribution < -0.4 is 10.6 Å². The van der Waals surface area contributed by atoms with Crippen molar-refractivity contribution in [1.82, 2.24) is 5.32 Å². The quantitative estimate of drug-likeness (QED) is 0.401. The third-order valence-electron chi connectivity index (χ3n) is 3.46. The molecule has 0 saturated heterocycles. The second-order valence-corrected chi connectivity index (χ2v) is 5.72. The van der Waals surface area contributed by atoms with Crippen LogP contribution in [0.15, 0.2) is 18.2 Å². The van der Waals surface area contributed by atoms with E-state index in [0.717, 1.165) is 6.07 Å². The first-order valence-corrected chi connectivity index (χ1v) is 8.07. The molecule has 0 heterocycles. The molecule has 1 rings (SSSR count). The lowest BCUT2D eigenvalue weighted by Crippen LogP contribution is -2.39. The SMILES string of the molecule is CCCNC(=O)[C@@H](C)OC(=O)[C@H](C)Nc1ccc(C(F)(F)F)cc1[N+](=O)[O-]. The standard InChI is InChI=1S/C16H20F3N3O5/c1-4-7-20-14(23)10(3)27-15(24)9(2)21-12-6-5-11(16(17,18)19)8-13(12)22(25)26/h5-6,8-10,21H,4,7H2,1-3H3,(H,20,23)/t9-,10+/m0/s1. The van der Waals surface area contributed by atoms with E-state index in [2.05, 4.69) is 10.6 Å². The predicted octanol–water partition coefficient (Wildman–Crippen LogP) is 2.87. The average molecular weight is 391 g/mol. The van der Waals surface area contributed by atoms with Crippen LogP contribution in [0, 0.1) is 10.1 Å². The van der Waals surface area contributed by atoms with Crippen LogP contribution in [0.3, 0.4) is 0 Å². The van der Waals surface area contributed by atoms with Crippen LogP contribution in [-0.2, 0) is 20.5 Å². The Kier molecular flexibility index (Phi) is 7.56. The molecule has 0 unspecified atom stereocenters. The van der Waals surface area contributed by atoms with Crippen molar-refractivity contribution >= 4 is 23.3 Å². The van der Waals surface area contributed by atoms with Gasteiger partial charge in [-0.15, -0.1) is 0 Å². The van der Waals surface area contributed by atoms with Crippen molar-refractivity contribution in [1.29, 1.82) is 0 Å². The van der Waals surface area contributed by atoms with Crippen LogP contribution in [-0.4, -0.2) is 35.5 Å². The van der Waals surface area contributed by atoms with Gasteiger partial charge in [0.05, 0.1) is 10.5 Å². The van der Waals surface area contributed by atoms with Crippen molar-refractivity contribution in [2.45, 2.75) is 45.5 Å². The number of nitro benzene ring substituents is 1. The summed E-state index contributed by atoms with van der Waals surface area (Å²) in [7, 11) is 0. The number of nitrogens with one attached hydrogen (secondary N) is 2. The number of alkyl halides is 3. The van der Waals surface area contributed by atoms with E-state index in [-0.39, 0.29) is 5.69 Å². The van der Waals surface area contributed by atoms with Gasteiger partial charge in [0.15, 0.2) is 6.10 Å². The van der Waals surface area contributed by atoms with Crippen molar-refractivity contribution in [3.05, 3.63) is 33.9 Å². The Balaban J connectivity index is 2.86. The molecule has 8 nitrogen and oxygen atoms in total. The number of nitrogens with zero attached hydrogens (tertiary/aromatic N) is 1. The number of hydrogen-bond acceptors (Lipinski definition) is 6. The maximum Gasteiger partial charge on any atom is 0.416 e. The van der Waals surface area contributed by atoms with E-state index < -0.39 is 46.4 Å². The lowest BCUT2D eigenvalue weighted by Gasteiger charge is -2.18. The molecule has 1 aromatic rings. The number of carbonyl (C=O) groups is 2. The zero-order valence-corrected chi connectivity index (χ0v) is 14.9. The molecule has 0 aliphatic heterocycles. The van der Waals surface area contributed by atoms with Crippen LogP contribution in [0.2, 0.25) is 0 Å². The summed E-state index contributed by atoms with van der Waals surface area (Å²) in [5, 5.41) is 16.0. The molecule has 0 saturated carbocycles. The van der Waals surface area contributed by atoms with Crippen molar-refractivity contribution < 1.29 is 32.4 Å². The largest absolute Gasteiger partial charge is 0.451 e. The molecule has 0 bridgehead atoms. The molecule has 0 aliphatic carbocycles. The molecule has 1 aromatic carbocycles. The van der Waals surface area contributed by atoms with E-state index in [4.69, 9.17) is 4.74 Å². The zero-order chi connectivity index (χ0) is 20.8. The molecular weight excluding hydrogens is 371 g/mol. The second-order valence-electron chi connectivity index (χ2n) is 5.72. The van der Waals surface area contributed by atoms with Gasteiger partial charge in [-0.1, -0.05) is 6.92 Å². The molecule has 0 aromatic heterocycles. The van der Waals surface area contributed by atoms with Gasteiger partial charge < -0.3 is 15.4 Å². The summed E-state index contributed by atoms with van der Waals surface area (Å²) in [6.45, 7) is 4.92. The number of esters is 1. The van der Waals surface area contributed by atoms with Crippen LogP contribution in [0.5, 0.6) is 0 Å². The Hall–Kier alpha value is -2.85. The minimum absolute atomic E-state index is 0.277. The molecule has 27 heavy (non-hydrogen) atoms. The van der Waals surface area contributed by atoms with Crippen molar-refractivity contribution in [2.75, 3.05) is 11.9 Å². The van der Waals surface area contributed by atoms with Gasteiger partial charge in [-0.2, -0.15) is 13.2 Å². The third-order valence-corrected chi connectivity index (χ3v) is 3.46. The summed E-state index contributed by atoms with van der Waals surface area (Å²) in [5.41, 5.74) is -2.30. The van der Waals surface area contributed by atoms with Crippen LogP contribution >= 0.6 is 0 Å². The Morgan fingerprint density at radius 1 is 1.30 bits per heavy atom. The number of nitro groups is 1. The molecule has 0 radical (unpaired) electrons. The molecule has 150 valence electrons. The number of rotatable bonds is 8. The first-order chi connectivity index (χ1) is 12.5. The molecule has 1 amide bonds. The Labute approximate surface area is 153 Å². The van der Waals surface area contributed by atoms with Gasteiger partial charge in [-0.05, 0) is 32.4 Å². The van der Waals surface area contributed by atoms with Gasteiger partial charge in [0.25, 0.3) is 11.6 Å². The number of hydrogen-bond donors (Lipinski definition) is 2. The topological polar surface area (TPSA) is 111 Å². The van der Waals surface area contributed by atoms with E-state index in [1.165, 1.54) is 13.8 Å². The highest BCUT2D eigenvalue weighted by molar-refractivity contribution is 5.86. The van der Waals surface area contributed by atoms with Crippen LogP contribution in [0.25, 0.3) is 0 Å². The highest BCUT2D eigenvalue weighted by Crippen LogP contribution is 2.35. The fourth-order valence-electron chi connectivity index (χ4n) is 1.99. The fourth-order valence-corrected chi connectivity index (χ4v) is 1.99. The Morgan fingerprint density at radius 2 is 1.93 bits per heavy atom. The van der Waals surface area contributed by atoms with Gasteiger partial charge in [-0.3, -0.25) is 14.9 Å². The van der Waals surface area contributed by atoms with Gasteiger partial charge in [0.2, 0.25) is 0 Å². The smallest absolute Gasteiger partial charge is 0.416 e. The zero-order valence-electron chi connectivity index (χ0n) is 14.9. The van der Waals surface area contributed by atoms with Crippen molar-refractivity contribution in [2.24, 2.45) is 0 Å². The minimum atomic E-state index is -4.74. The molecule has 2 N–H and O–H groups in total. The van der Waals surface area contributed by atoms with Gasteiger partial charge >= 0.3 is 12.1 Å². The summed E-state index contributed by atoms with van der Waals surface area (Å²) in [6.07, 6.45) is -5.13. The molecule has 0 fully saturated rings. The minimum Gasteiger partial charge on any atom is -0.451 e. The number of anilines is 1. The summed E-state index contributed by atoms with van der Waals surface area (Å²) < 4.78 is 43.1. The summed E-state index contributed by atoms with van der Waals surface area (Å²) in [5.74, 6) is -1.39.